The van der Waals surface area contributed by atoms with Crippen molar-refractivity contribution in [3.05, 3.63) is 29.9 Å². The number of hydrogen-bond donors (Lipinski definition) is 0. The average molecular weight is 277 g/mol. The van der Waals surface area contributed by atoms with Crippen molar-refractivity contribution in [1.29, 1.82) is 0 Å². The van der Waals surface area contributed by atoms with Gasteiger partial charge in [-0.3, -0.25) is 4.79 Å². The highest BCUT2D eigenvalue weighted by molar-refractivity contribution is 5.92. The van der Waals surface area contributed by atoms with Gasteiger partial charge < -0.3 is 14.0 Å². The van der Waals surface area contributed by atoms with Gasteiger partial charge in [-0.05, 0) is 5.92 Å². The number of nitrogens with zero attached hydrogens (tertiary/aromatic N) is 5. The molecule has 7 nitrogen and oxygen atoms in total. The van der Waals surface area contributed by atoms with E-state index in [1.54, 1.807) is 25.0 Å². The maximum Gasteiger partial charge on any atom is 0.272 e. The predicted octanol–water partition coefficient (Wildman–Crippen LogP) is 1.27. The summed E-state index contributed by atoms with van der Waals surface area (Å²) < 4.78 is 6.83. The average Bonchev–Trinajstić information content (AvgIpc) is 2.97. The summed E-state index contributed by atoms with van der Waals surface area (Å²) >= 11 is 0. The maximum absolute atomic E-state index is 12.2. The van der Waals surface area contributed by atoms with Gasteiger partial charge in [0.1, 0.15) is 12.2 Å². The summed E-state index contributed by atoms with van der Waals surface area (Å²) in [5.74, 6) is 1.46. The molecule has 2 aromatic heterocycles. The summed E-state index contributed by atoms with van der Waals surface area (Å²) in [6.45, 7) is 4.47. The Bertz CT molecular complexity index is 587. The molecule has 0 spiro atoms. The summed E-state index contributed by atoms with van der Waals surface area (Å²) in [6, 6.07) is 0. The van der Waals surface area contributed by atoms with Crippen molar-refractivity contribution in [2.24, 2.45) is 13.0 Å². The molecule has 0 atom stereocenters. The minimum absolute atomic E-state index is 0.131. The summed E-state index contributed by atoms with van der Waals surface area (Å²) in [5, 5.41) is 3.91. The van der Waals surface area contributed by atoms with Crippen LogP contribution in [0.25, 0.3) is 0 Å². The molecule has 20 heavy (non-hydrogen) atoms. The lowest BCUT2D eigenvalue weighted by Gasteiger charge is -2.14. The van der Waals surface area contributed by atoms with Crippen LogP contribution < -0.4 is 0 Å². The van der Waals surface area contributed by atoms with Gasteiger partial charge in [0.2, 0.25) is 5.89 Å². The Morgan fingerprint density at radius 3 is 2.85 bits per heavy atom. The lowest BCUT2D eigenvalue weighted by molar-refractivity contribution is 0.0760. The van der Waals surface area contributed by atoms with Crippen LogP contribution in [0.5, 0.6) is 0 Å². The molecule has 108 valence electrons. The van der Waals surface area contributed by atoms with Gasteiger partial charge in [-0.25, -0.2) is 4.98 Å². The van der Waals surface area contributed by atoms with Crippen molar-refractivity contribution >= 4 is 5.91 Å². The Balaban J connectivity index is 2.01. The fraction of sp³-hybridized carbons (Fsp3) is 0.538. The SMILES string of the molecule is CC(C)Cc1noc(CN(C)C(=O)c2cncn2C)n1. The van der Waals surface area contributed by atoms with Crippen molar-refractivity contribution in [3.8, 4) is 0 Å². The molecule has 0 aliphatic heterocycles. The van der Waals surface area contributed by atoms with Crippen LogP contribution in [0.4, 0.5) is 0 Å². The van der Waals surface area contributed by atoms with Gasteiger partial charge in [-0.1, -0.05) is 19.0 Å². The highest BCUT2D eigenvalue weighted by Gasteiger charge is 2.18. The molecule has 0 fully saturated rings. The molecule has 0 saturated carbocycles. The third-order valence-electron chi connectivity index (χ3n) is 2.86. The van der Waals surface area contributed by atoms with E-state index in [-0.39, 0.29) is 12.5 Å². The number of aryl methyl sites for hydroxylation is 1. The molecule has 0 unspecified atom stereocenters. The molecule has 2 rings (SSSR count). The number of amides is 1. The van der Waals surface area contributed by atoms with Crippen molar-refractivity contribution in [2.75, 3.05) is 7.05 Å². The van der Waals surface area contributed by atoms with Crippen LogP contribution in [0.1, 0.15) is 36.1 Å². The quantitative estimate of drug-likeness (QED) is 0.822. The smallest absolute Gasteiger partial charge is 0.272 e. The Morgan fingerprint density at radius 2 is 2.25 bits per heavy atom. The molecule has 0 radical (unpaired) electrons. The molecule has 1 amide bonds. The summed E-state index contributed by atoms with van der Waals surface area (Å²) in [6.07, 6.45) is 3.90. The summed E-state index contributed by atoms with van der Waals surface area (Å²) in [5.41, 5.74) is 0.523. The molecule has 2 aromatic rings. The minimum atomic E-state index is -0.131. The number of hydrogen-bond acceptors (Lipinski definition) is 5. The number of carbonyl (C=O) groups excluding carboxylic acids is 1. The second-order valence-corrected chi connectivity index (χ2v) is 5.25. The maximum atomic E-state index is 12.2. The van der Waals surface area contributed by atoms with Crippen LogP contribution >= 0.6 is 0 Å². The summed E-state index contributed by atoms with van der Waals surface area (Å²) in [7, 11) is 3.48. The second kappa shape index (κ2) is 5.85. The molecule has 0 saturated heterocycles. The molecule has 0 N–H and O–H groups in total. The predicted molar refractivity (Wildman–Crippen MR) is 71.8 cm³/mol. The third-order valence-corrected chi connectivity index (χ3v) is 2.86. The van der Waals surface area contributed by atoms with E-state index in [0.717, 1.165) is 6.42 Å². The van der Waals surface area contributed by atoms with Crippen LogP contribution in [0.3, 0.4) is 0 Å². The van der Waals surface area contributed by atoms with E-state index in [1.165, 1.54) is 11.1 Å². The van der Waals surface area contributed by atoms with E-state index < -0.39 is 0 Å². The number of carbonyl (C=O) groups is 1. The lowest BCUT2D eigenvalue weighted by Crippen LogP contribution is -2.27. The fourth-order valence-electron chi connectivity index (χ4n) is 1.84. The molecule has 2 heterocycles. The van der Waals surface area contributed by atoms with E-state index in [2.05, 4.69) is 29.0 Å². The fourth-order valence-corrected chi connectivity index (χ4v) is 1.84. The first-order valence-corrected chi connectivity index (χ1v) is 6.50. The van der Waals surface area contributed by atoms with Gasteiger partial charge in [-0.15, -0.1) is 0 Å². The second-order valence-electron chi connectivity index (χ2n) is 5.25. The molecule has 0 aliphatic carbocycles. The highest BCUT2D eigenvalue weighted by Crippen LogP contribution is 2.08. The van der Waals surface area contributed by atoms with Gasteiger partial charge in [-0.2, -0.15) is 4.98 Å². The van der Waals surface area contributed by atoms with Crippen molar-refractivity contribution in [2.45, 2.75) is 26.8 Å². The van der Waals surface area contributed by atoms with E-state index in [0.29, 0.717) is 23.3 Å². The van der Waals surface area contributed by atoms with E-state index in [1.807, 2.05) is 0 Å². The first-order chi connectivity index (χ1) is 9.47. The molecule has 0 bridgehead atoms. The van der Waals surface area contributed by atoms with Crippen LogP contribution in [-0.2, 0) is 20.0 Å². The van der Waals surface area contributed by atoms with E-state index >= 15 is 0 Å². The molecule has 7 heteroatoms. The monoisotopic (exact) mass is 277 g/mol. The van der Waals surface area contributed by atoms with Crippen molar-refractivity contribution < 1.29 is 9.32 Å². The number of imidazole rings is 1. The van der Waals surface area contributed by atoms with Crippen molar-refractivity contribution in [3.63, 3.8) is 0 Å². The zero-order valence-electron chi connectivity index (χ0n) is 12.2. The van der Waals surface area contributed by atoms with Crippen molar-refractivity contribution in [1.82, 2.24) is 24.6 Å². The van der Waals surface area contributed by atoms with Gasteiger partial charge in [0.05, 0.1) is 12.5 Å². The Hall–Kier alpha value is -2.18. The zero-order valence-corrected chi connectivity index (χ0v) is 12.2. The van der Waals surface area contributed by atoms with Crippen LogP contribution in [-0.4, -0.2) is 37.5 Å². The van der Waals surface area contributed by atoms with Crippen LogP contribution in [0, 0.1) is 5.92 Å². The topological polar surface area (TPSA) is 77.0 Å². The number of rotatable bonds is 5. The third kappa shape index (κ3) is 3.23. The minimum Gasteiger partial charge on any atom is -0.337 e. The van der Waals surface area contributed by atoms with E-state index in [4.69, 9.17) is 4.52 Å². The molecule has 0 aromatic carbocycles. The van der Waals surface area contributed by atoms with Gasteiger partial charge in [0.25, 0.3) is 5.91 Å². The Labute approximate surface area is 117 Å². The van der Waals surface area contributed by atoms with Crippen LogP contribution in [0.2, 0.25) is 0 Å². The largest absolute Gasteiger partial charge is 0.337 e. The first-order valence-electron chi connectivity index (χ1n) is 6.50. The molecular weight excluding hydrogens is 258 g/mol. The standard InChI is InChI=1S/C13H19N5O2/c1-9(2)5-11-15-12(20-16-11)7-17(3)13(19)10-6-14-8-18(10)4/h6,8-9H,5,7H2,1-4H3. The normalized spacial score (nSPS) is 11.1. The number of aromatic nitrogens is 4. The summed E-state index contributed by atoms with van der Waals surface area (Å²) in [4.78, 5) is 21.9. The van der Waals surface area contributed by atoms with Gasteiger partial charge in [0.15, 0.2) is 5.82 Å². The van der Waals surface area contributed by atoms with Gasteiger partial charge >= 0.3 is 0 Å². The lowest BCUT2D eigenvalue weighted by atomic mass is 10.1. The molecular formula is C13H19N5O2. The first kappa shape index (κ1) is 14.2. The zero-order chi connectivity index (χ0) is 14.7. The van der Waals surface area contributed by atoms with Crippen LogP contribution in [0.15, 0.2) is 17.0 Å². The Kier molecular flexibility index (Phi) is 4.16. The van der Waals surface area contributed by atoms with Gasteiger partial charge in [0, 0.05) is 20.5 Å². The highest BCUT2D eigenvalue weighted by atomic mass is 16.5. The molecule has 0 aliphatic rings. The van der Waals surface area contributed by atoms with E-state index in [9.17, 15) is 4.79 Å². The Morgan fingerprint density at radius 1 is 1.50 bits per heavy atom.